The molecule has 4 aliphatic rings. The third kappa shape index (κ3) is 3.65. The van der Waals surface area contributed by atoms with Crippen LogP contribution in [-0.2, 0) is 22.7 Å². The molecule has 4 unspecified atom stereocenters. The van der Waals surface area contributed by atoms with E-state index in [1.54, 1.807) is 4.90 Å². The molecule has 1 saturated carbocycles. The Morgan fingerprint density at radius 1 is 1.07 bits per heavy atom. The van der Waals surface area contributed by atoms with Gasteiger partial charge in [-0.2, -0.15) is 0 Å². The number of amides is 3. The van der Waals surface area contributed by atoms with Crippen LogP contribution in [0, 0.1) is 11.8 Å². The minimum atomic E-state index is -0.558. The van der Waals surface area contributed by atoms with E-state index >= 15 is 0 Å². The third-order valence-corrected chi connectivity index (χ3v) is 7.46. The van der Waals surface area contributed by atoms with E-state index < -0.39 is 6.04 Å². The number of nitrogens with zero attached hydrogens (tertiary/aromatic N) is 1. The Morgan fingerprint density at radius 3 is 2.83 bits per heavy atom. The smallest absolute Gasteiger partial charge is 0.255 e. The van der Waals surface area contributed by atoms with E-state index in [2.05, 4.69) is 16.0 Å². The van der Waals surface area contributed by atoms with Gasteiger partial charge in [0.15, 0.2) is 0 Å². The molecule has 7 heteroatoms. The molecule has 3 amide bonds. The van der Waals surface area contributed by atoms with Crippen LogP contribution < -0.4 is 16.0 Å². The predicted molar refractivity (Wildman–Crippen MR) is 111 cm³/mol. The van der Waals surface area contributed by atoms with Gasteiger partial charge in [-0.1, -0.05) is 18.2 Å². The van der Waals surface area contributed by atoms with Crippen LogP contribution in [0.3, 0.4) is 0 Å². The molecule has 5 rings (SSSR count). The average Bonchev–Trinajstić information content (AvgIpc) is 3.09. The Morgan fingerprint density at radius 2 is 1.97 bits per heavy atom. The van der Waals surface area contributed by atoms with Gasteiger partial charge in [-0.3, -0.25) is 19.7 Å². The van der Waals surface area contributed by atoms with E-state index in [0.29, 0.717) is 25.6 Å². The summed E-state index contributed by atoms with van der Waals surface area (Å²) >= 11 is 0. The Labute approximate surface area is 177 Å². The molecule has 3 N–H and O–H groups in total. The Balaban J connectivity index is 1.26. The minimum absolute atomic E-state index is 0.0860. The van der Waals surface area contributed by atoms with Crippen LogP contribution in [0.1, 0.15) is 60.0 Å². The summed E-state index contributed by atoms with van der Waals surface area (Å²) in [5, 5.41) is 9.61. The van der Waals surface area contributed by atoms with Crippen molar-refractivity contribution in [1.82, 2.24) is 20.9 Å². The lowest BCUT2D eigenvalue weighted by Crippen LogP contribution is -2.52. The molecule has 1 aromatic carbocycles. The summed E-state index contributed by atoms with van der Waals surface area (Å²) in [6.45, 7) is 3.39. The molecule has 2 saturated heterocycles. The van der Waals surface area contributed by atoms with Crippen molar-refractivity contribution in [3.8, 4) is 0 Å². The normalized spacial score (nSPS) is 31.3. The van der Waals surface area contributed by atoms with Gasteiger partial charge < -0.3 is 15.5 Å². The fourth-order valence-corrected chi connectivity index (χ4v) is 5.81. The Hall–Kier alpha value is -2.25. The zero-order chi connectivity index (χ0) is 20.7. The van der Waals surface area contributed by atoms with Crippen molar-refractivity contribution in [2.45, 2.75) is 63.7 Å². The second-order valence-electron chi connectivity index (χ2n) is 9.26. The number of hydrogen-bond acceptors (Lipinski definition) is 5. The van der Waals surface area contributed by atoms with E-state index in [1.807, 2.05) is 18.2 Å². The van der Waals surface area contributed by atoms with Gasteiger partial charge in [-0.05, 0) is 68.2 Å². The summed E-state index contributed by atoms with van der Waals surface area (Å²) in [6, 6.07) is 5.92. The average molecular weight is 411 g/mol. The number of hydrogen-bond donors (Lipinski definition) is 3. The maximum absolute atomic E-state index is 13.2. The number of piperidine rings is 2. The van der Waals surface area contributed by atoms with Crippen molar-refractivity contribution >= 4 is 17.7 Å². The van der Waals surface area contributed by atoms with Gasteiger partial charge in [-0.25, -0.2) is 0 Å². The van der Waals surface area contributed by atoms with Gasteiger partial charge in [-0.15, -0.1) is 0 Å². The van der Waals surface area contributed by atoms with Crippen molar-refractivity contribution in [2.24, 2.45) is 11.8 Å². The zero-order valence-electron chi connectivity index (χ0n) is 17.3. The SMILES string of the molecule is O=C1CCC(N2Cc3cccc(CNC4CCC5CCNCC5C4)c3C2=O)C(=O)N1. The largest absolute Gasteiger partial charge is 0.322 e. The third-order valence-electron chi connectivity index (χ3n) is 7.46. The molecule has 1 aliphatic carbocycles. The fourth-order valence-electron chi connectivity index (χ4n) is 5.81. The summed E-state index contributed by atoms with van der Waals surface area (Å²) in [6.07, 6.45) is 5.67. The van der Waals surface area contributed by atoms with Crippen molar-refractivity contribution in [2.75, 3.05) is 13.1 Å². The highest BCUT2D eigenvalue weighted by atomic mass is 16.2. The number of imide groups is 1. The first-order valence-corrected chi connectivity index (χ1v) is 11.3. The maximum Gasteiger partial charge on any atom is 0.255 e. The van der Waals surface area contributed by atoms with E-state index in [1.165, 1.54) is 25.7 Å². The summed E-state index contributed by atoms with van der Waals surface area (Å²) in [5.41, 5.74) is 2.73. The Kier molecular flexibility index (Phi) is 5.33. The first-order valence-electron chi connectivity index (χ1n) is 11.3. The first kappa shape index (κ1) is 19.7. The number of benzene rings is 1. The predicted octanol–water partition coefficient (Wildman–Crippen LogP) is 1.32. The molecule has 30 heavy (non-hydrogen) atoms. The van der Waals surface area contributed by atoms with E-state index in [-0.39, 0.29) is 24.1 Å². The lowest BCUT2D eigenvalue weighted by Gasteiger charge is -2.40. The van der Waals surface area contributed by atoms with Crippen LogP contribution in [0.2, 0.25) is 0 Å². The van der Waals surface area contributed by atoms with Crippen molar-refractivity contribution < 1.29 is 14.4 Å². The van der Waals surface area contributed by atoms with Crippen molar-refractivity contribution in [1.29, 1.82) is 0 Å². The van der Waals surface area contributed by atoms with E-state index in [0.717, 1.165) is 41.6 Å². The summed E-state index contributed by atoms with van der Waals surface area (Å²) < 4.78 is 0. The number of carbonyl (C=O) groups is 3. The molecule has 0 spiro atoms. The second kappa shape index (κ2) is 8.12. The molecule has 4 atom stereocenters. The minimum Gasteiger partial charge on any atom is -0.322 e. The van der Waals surface area contributed by atoms with E-state index in [9.17, 15) is 14.4 Å². The van der Waals surface area contributed by atoms with Crippen LogP contribution >= 0.6 is 0 Å². The fraction of sp³-hybridized carbons (Fsp3) is 0.609. The number of nitrogens with one attached hydrogen (secondary N) is 3. The zero-order valence-corrected chi connectivity index (χ0v) is 17.3. The molecule has 0 radical (unpaired) electrons. The number of rotatable bonds is 4. The highest BCUT2D eigenvalue weighted by molar-refractivity contribution is 6.05. The number of fused-ring (bicyclic) bond motifs is 2. The lowest BCUT2D eigenvalue weighted by molar-refractivity contribution is -0.136. The van der Waals surface area contributed by atoms with Crippen LogP contribution in [-0.4, -0.2) is 47.8 Å². The van der Waals surface area contributed by atoms with Gasteiger partial charge in [0.2, 0.25) is 11.8 Å². The Bertz CT molecular complexity index is 870. The van der Waals surface area contributed by atoms with Crippen LogP contribution in [0.4, 0.5) is 0 Å². The number of carbonyl (C=O) groups excluding carboxylic acids is 3. The van der Waals surface area contributed by atoms with Crippen LogP contribution in [0.5, 0.6) is 0 Å². The van der Waals surface area contributed by atoms with Gasteiger partial charge in [0.25, 0.3) is 5.91 Å². The molecule has 0 bridgehead atoms. The second-order valence-corrected chi connectivity index (χ2v) is 9.26. The van der Waals surface area contributed by atoms with Crippen molar-refractivity contribution in [3.63, 3.8) is 0 Å². The molecular formula is C23H30N4O3. The standard InChI is InChI=1S/C23H30N4O3/c28-20-7-6-19(22(29)26-20)27-13-16-3-1-2-15(21(16)23(27)30)12-25-18-5-4-14-8-9-24-11-17(14)10-18/h1-3,14,17-19,24-25H,4-13H2,(H,26,28,29). The summed E-state index contributed by atoms with van der Waals surface area (Å²) in [4.78, 5) is 38.6. The maximum atomic E-state index is 13.2. The molecule has 160 valence electrons. The topological polar surface area (TPSA) is 90.5 Å². The summed E-state index contributed by atoms with van der Waals surface area (Å²) in [7, 11) is 0. The van der Waals surface area contributed by atoms with Crippen LogP contribution in [0.25, 0.3) is 0 Å². The molecule has 0 aromatic heterocycles. The molecule has 1 aromatic rings. The summed E-state index contributed by atoms with van der Waals surface area (Å²) in [5.74, 6) is 0.931. The molecular weight excluding hydrogens is 380 g/mol. The highest BCUT2D eigenvalue weighted by Gasteiger charge is 2.40. The van der Waals surface area contributed by atoms with E-state index in [4.69, 9.17) is 0 Å². The van der Waals surface area contributed by atoms with Gasteiger partial charge in [0.1, 0.15) is 6.04 Å². The van der Waals surface area contributed by atoms with Gasteiger partial charge >= 0.3 is 0 Å². The first-order chi connectivity index (χ1) is 14.6. The lowest BCUT2D eigenvalue weighted by atomic mass is 9.73. The van der Waals surface area contributed by atoms with Gasteiger partial charge in [0, 0.05) is 31.1 Å². The highest BCUT2D eigenvalue weighted by Crippen LogP contribution is 2.34. The molecule has 3 fully saturated rings. The monoisotopic (exact) mass is 410 g/mol. The molecule has 7 nitrogen and oxygen atoms in total. The van der Waals surface area contributed by atoms with Gasteiger partial charge in [0.05, 0.1) is 0 Å². The quantitative estimate of drug-likeness (QED) is 0.652. The molecule has 3 heterocycles. The molecule has 3 aliphatic heterocycles. The van der Waals surface area contributed by atoms with Crippen molar-refractivity contribution in [3.05, 3.63) is 34.9 Å². The van der Waals surface area contributed by atoms with Crippen LogP contribution in [0.15, 0.2) is 18.2 Å².